The van der Waals surface area contributed by atoms with Crippen LogP contribution in [-0.4, -0.2) is 24.6 Å². The smallest absolute Gasteiger partial charge is 0.305 e. The molecule has 0 aliphatic heterocycles. The summed E-state index contributed by atoms with van der Waals surface area (Å²) in [5, 5.41) is 0. The first kappa shape index (κ1) is 20.1. The van der Waals surface area contributed by atoms with Crippen molar-refractivity contribution >= 4 is 17.7 Å². The topological polar surface area (TPSA) is 26.3 Å². The molecule has 120 valence electrons. The summed E-state index contributed by atoms with van der Waals surface area (Å²) in [5.41, 5.74) is 3.09. The van der Waals surface area contributed by atoms with Crippen LogP contribution in [0.25, 0.3) is 0 Å². The van der Waals surface area contributed by atoms with Crippen LogP contribution in [0.15, 0.2) is 30.0 Å². The van der Waals surface area contributed by atoms with Crippen molar-refractivity contribution < 1.29 is 9.53 Å². The number of unbranched alkanes of at least 4 members (excludes halogenated alkanes) is 5. The van der Waals surface area contributed by atoms with Gasteiger partial charge in [0.25, 0.3) is 0 Å². The Morgan fingerprint density at radius 3 is 2.62 bits per heavy atom. The minimum Gasteiger partial charge on any atom is -0.469 e. The molecule has 21 heavy (non-hydrogen) atoms. The first-order chi connectivity index (χ1) is 10.3. The molecule has 0 aliphatic carbocycles. The van der Waals surface area contributed by atoms with Crippen molar-refractivity contribution in [3.05, 3.63) is 30.0 Å². The van der Waals surface area contributed by atoms with E-state index in [0.717, 1.165) is 11.5 Å². The van der Waals surface area contributed by atoms with Crippen LogP contribution in [-0.2, 0) is 9.53 Å². The van der Waals surface area contributed by atoms with Gasteiger partial charge >= 0.3 is 5.97 Å². The zero-order chi connectivity index (χ0) is 15.6. The van der Waals surface area contributed by atoms with E-state index in [1.807, 2.05) is 23.9 Å². The molecule has 0 bridgehead atoms. The number of esters is 1. The summed E-state index contributed by atoms with van der Waals surface area (Å²) < 4.78 is 4.56. The second-order valence-corrected chi connectivity index (χ2v) is 5.98. The third-order valence-corrected chi connectivity index (χ3v) is 3.84. The summed E-state index contributed by atoms with van der Waals surface area (Å²) >= 11 is 1.88. The Hall–Kier alpha value is -0.920. The molecular weight excluding hydrogens is 280 g/mol. The minimum atomic E-state index is -0.165. The number of carbonyl (C=O) groups is 1. The van der Waals surface area contributed by atoms with Gasteiger partial charge in [-0.15, -0.1) is 5.73 Å². The Labute approximate surface area is 134 Å². The highest BCUT2D eigenvalue weighted by molar-refractivity contribution is 7.99. The number of hydrogen-bond acceptors (Lipinski definition) is 3. The van der Waals surface area contributed by atoms with Crippen molar-refractivity contribution in [1.29, 1.82) is 0 Å². The summed E-state index contributed by atoms with van der Waals surface area (Å²) in [6.45, 7) is 2.25. The molecule has 0 spiro atoms. The van der Waals surface area contributed by atoms with Gasteiger partial charge in [-0.2, -0.15) is 11.8 Å². The Balaban J connectivity index is 3.34. The number of allylic oxidation sites excluding steroid dienone is 1. The average molecular weight is 311 g/mol. The van der Waals surface area contributed by atoms with Gasteiger partial charge in [-0.1, -0.05) is 44.8 Å². The van der Waals surface area contributed by atoms with Crippen molar-refractivity contribution in [2.24, 2.45) is 0 Å². The molecule has 0 rings (SSSR count). The fourth-order valence-corrected chi connectivity index (χ4v) is 2.38. The molecule has 0 saturated heterocycles. The van der Waals surface area contributed by atoms with Gasteiger partial charge < -0.3 is 4.74 Å². The maximum atomic E-state index is 10.9. The molecule has 2 nitrogen and oxygen atoms in total. The van der Waals surface area contributed by atoms with Crippen LogP contribution in [0.2, 0.25) is 0 Å². The Morgan fingerprint density at radius 1 is 1.05 bits per heavy atom. The molecule has 3 heteroatoms. The Bertz CT molecular complexity index is 328. The van der Waals surface area contributed by atoms with Crippen LogP contribution in [0.5, 0.6) is 0 Å². The SMILES string of the molecule is CCCCCCC/C=C\CSCC=C=CCCC(=O)OC. The van der Waals surface area contributed by atoms with Gasteiger partial charge in [-0.3, -0.25) is 4.79 Å². The quantitative estimate of drug-likeness (QED) is 0.200. The standard InChI is InChI=1S/C18H30O2S/c1-3-4-5-6-7-8-10-13-16-21-17-14-11-9-12-15-18(19)20-2/h9-10,13-14H,3-8,12,15-17H2,1-2H3/b13-10-. The molecule has 0 saturated carbocycles. The van der Waals surface area contributed by atoms with E-state index in [1.54, 1.807) is 0 Å². The molecule has 0 fully saturated rings. The molecule has 0 heterocycles. The van der Waals surface area contributed by atoms with Gasteiger partial charge in [0, 0.05) is 17.9 Å². The first-order valence-corrected chi connectivity index (χ1v) is 9.15. The number of hydrogen-bond donors (Lipinski definition) is 0. The lowest BCUT2D eigenvalue weighted by atomic mass is 10.1. The zero-order valence-electron chi connectivity index (χ0n) is 13.6. The number of rotatable bonds is 13. The van der Waals surface area contributed by atoms with E-state index in [-0.39, 0.29) is 5.97 Å². The molecule has 0 atom stereocenters. The van der Waals surface area contributed by atoms with Crippen LogP contribution in [0.3, 0.4) is 0 Å². The van der Waals surface area contributed by atoms with Crippen LogP contribution in [0.4, 0.5) is 0 Å². The normalized spacial score (nSPS) is 10.4. The van der Waals surface area contributed by atoms with Crippen molar-refractivity contribution in [2.45, 2.75) is 58.3 Å². The molecular formula is C18H30O2S. The lowest BCUT2D eigenvalue weighted by Gasteiger charge is -1.96. The third kappa shape index (κ3) is 17.0. The van der Waals surface area contributed by atoms with E-state index in [2.05, 4.69) is 29.5 Å². The minimum absolute atomic E-state index is 0.165. The monoisotopic (exact) mass is 310 g/mol. The highest BCUT2D eigenvalue weighted by Gasteiger charge is 1.94. The van der Waals surface area contributed by atoms with Crippen LogP contribution >= 0.6 is 11.8 Å². The summed E-state index contributed by atoms with van der Waals surface area (Å²) in [6, 6.07) is 0. The number of carbonyl (C=O) groups excluding carboxylic acids is 1. The zero-order valence-corrected chi connectivity index (χ0v) is 14.4. The largest absolute Gasteiger partial charge is 0.469 e. The van der Waals surface area contributed by atoms with Crippen molar-refractivity contribution in [3.8, 4) is 0 Å². The van der Waals surface area contributed by atoms with E-state index >= 15 is 0 Å². The van der Waals surface area contributed by atoms with E-state index in [4.69, 9.17) is 0 Å². The molecule has 0 unspecified atom stereocenters. The van der Waals surface area contributed by atoms with Gasteiger partial charge in [-0.25, -0.2) is 0 Å². The van der Waals surface area contributed by atoms with Gasteiger partial charge in [0.2, 0.25) is 0 Å². The van der Waals surface area contributed by atoms with E-state index in [9.17, 15) is 4.79 Å². The fourth-order valence-electron chi connectivity index (χ4n) is 1.75. The highest BCUT2D eigenvalue weighted by atomic mass is 32.2. The fraction of sp³-hybridized carbons (Fsp3) is 0.667. The van der Waals surface area contributed by atoms with Gasteiger partial charge in [0.1, 0.15) is 0 Å². The summed E-state index contributed by atoms with van der Waals surface area (Å²) in [7, 11) is 1.41. The highest BCUT2D eigenvalue weighted by Crippen LogP contribution is 2.06. The van der Waals surface area contributed by atoms with E-state index in [0.29, 0.717) is 12.8 Å². The number of ether oxygens (including phenoxy) is 1. The second kappa shape index (κ2) is 17.1. The predicted molar refractivity (Wildman–Crippen MR) is 93.7 cm³/mol. The van der Waals surface area contributed by atoms with Crippen molar-refractivity contribution in [3.63, 3.8) is 0 Å². The van der Waals surface area contributed by atoms with Crippen LogP contribution in [0, 0.1) is 0 Å². The summed E-state index contributed by atoms with van der Waals surface area (Å²) in [5.74, 6) is 1.87. The Morgan fingerprint density at radius 2 is 1.86 bits per heavy atom. The van der Waals surface area contributed by atoms with Gasteiger partial charge in [0.05, 0.1) is 7.11 Å². The average Bonchev–Trinajstić information content (AvgIpc) is 2.50. The molecule has 0 aromatic heterocycles. The van der Waals surface area contributed by atoms with Crippen molar-refractivity contribution in [2.75, 3.05) is 18.6 Å². The van der Waals surface area contributed by atoms with E-state index < -0.39 is 0 Å². The molecule has 0 aromatic carbocycles. The van der Waals surface area contributed by atoms with Crippen LogP contribution < -0.4 is 0 Å². The Kier molecular flexibility index (Phi) is 16.4. The summed E-state index contributed by atoms with van der Waals surface area (Å²) in [6.07, 6.45) is 17.6. The second-order valence-electron chi connectivity index (χ2n) is 4.90. The lowest BCUT2D eigenvalue weighted by molar-refractivity contribution is -0.140. The molecule has 0 radical (unpaired) electrons. The third-order valence-electron chi connectivity index (χ3n) is 3.01. The van der Waals surface area contributed by atoms with Crippen LogP contribution in [0.1, 0.15) is 58.3 Å². The molecule has 0 amide bonds. The van der Waals surface area contributed by atoms with Crippen molar-refractivity contribution in [1.82, 2.24) is 0 Å². The molecule has 0 aromatic rings. The predicted octanol–water partition coefficient (Wildman–Crippen LogP) is 5.30. The van der Waals surface area contributed by atoms with Gasteiger partial charge in [0.15, 0.2) is 0 Å². The maximum absolute atomic E-state index is 10.9. The maximum Gasteiger partial charge on any atom is 0.305 e. The number of methoxy groups -OCH3 is 1. The molecule has 0 aliphatic rings. The van der Waals surface area contributed by atoms with Gasteiger partial charge in [-0.05, 0) is 31.4 Å². The lowest BCUT2D eigenvalue weighted by Crippen LogP contribution is -1.97. The summed E-state index contributed by atoms with van der Waals surface area (Å²) in [4.78, 5) is 10.9. The van der Waals surface area contributed by atoms with E-state index in [1.165, 1.54) is 45.6 Å². The number of thioether (sulfide) groups is 1. The first-order valence-electron chi connectivity index (χ1n) is 8.00. The molecule has 0 N–H and O–H groups in total.